The van der Waals surface area contributed by atoms with Crippen molar-refractivity contribution in [2.24, 2.45) is 5.92 Å². The Hall–Kier alpha value is -2.87. The lowest BCUT2D eigenvalue weighted by Crippen LogP contribution is -2.40. The SMILES string of the molecule is O=C(Nc1ccc2c(c1)OCO2)C1CCCN(c2nc3cccnc3s2)C1. The lowest BCUT2D eigenvalue weighted by Gasteiger charge is -2.31. The van der Waals surface area contributed by atoms with Gasteiger partial charge in [0.1, 0.15) is 10.3 Å². The van der Waals surface area contributed by atoms with Crippen molar-refractivity contribution in [1.82, 2.24) is 9.97 Å². The lowest BCUT2D eigenvalue weighted by atomic mass is 9.97. The second-order valence-corrected chi connectivity index (χ2v) is 7.62. The third-order valence-corrected chi connectivity index (χ3v) is 5.90. The van der Waals surface area contributed by atoms with Crippen LogP contribution < -0.4 is 19.7 Å². The molecule has 1 unspecified atom stereocenters. The van der Waals surface area contributed by atoms with Gasteiger partial charge in [0.2, 0.25) is 12.7 Å². The minimum atomic E-state index is -0.0795. The van der Waals surface area contributed by atoms with Gasteiger partial charge in [0.05, 0.1) is 5.92 Å². The number of carbonyl (C=O) groups is 1. The number of amides is 1. The van der Waals surface area contributed by atoms with Crippen LogP contribution in [-0.2, 0) is 4.79 Å². The van der Waals surface area contributed by atoms with E-state index >= 15 is 0 Å². The number of hydrogen-bond donors (Lipinski definition) is 1. The maximum Gasteiger partial charge on any atom is 0.231 e. The van der Waals surface area contributed by atoms with Gasteiger partial charge in [-0.15, -0.1) is 0 Å². The van der Waals surface area contributed by atoms with Gasteiger partial charge in [0, 0.05) is 31.0 Å². The molecule has 2 aromatic heterocycles. The van der Waals surface area contributed by atoms with E-state index in [0.29, 0.717) is 18.0 Å². The minimum absolute atomic E-state index is 0.0257. The zero-order chi connectivity index (χ0) is 18.2. The molecule has 2 aliphatic rings. The summed E-state index contributed by atoms with van der Waals surface area (Å²) < 4.78 is 10.7. The Morgan fingerprint density at radius 3 is 3.11 bits per heavy atom. The fraction of sp³-hybridized carbons (Fsp3) is 0.316. The first-order chi connectivity index (χ1) is 13.3. The average Bonchev–Trinajstić information content (AvgIpc) is 3.34. The predicted molar refractivity (Wildman–Crippen MR) is 104 cm³/mol. The van der Waals surface area contributed by atoms with Gasteiger partial charge < -0.3 is 19.7 Å². The zero-order valence-corrected chi connectivity index (χ0v) is 15.4. The van der Waals surface area contributed by atoms with Gasteiger partial charge in [-0.2, -0.15) is 0 Å². The fourth-order valence-electron chi connectivity index (χ4n) is 3.48. The number of thiazole rings is 1. The van der Waals surface area contributed by atoms with E-state index in [-0.39, 0.29) is 18.6 Å². The van der Waals surface area contributed by atoms with Crippen molar-refractivity contribution in [2.75, 3.05) is 30.1 Å². The standard InChI is InChI=1S/C19H18N4O3S/c24-17(21-13-5-6-15-16(9-13)26-11-25-15)12-3-2-8-23(10-12)19-22-14-4-1-7-20-18(14)27-19/h1,4-7,9,12H,2-3,8,10-11H2,(H,21,24). The summed E-state index contributed by atoms with van der Waals surface area (Å²) >= 11 is 1.58. The molecule has 1 fully saturated rings. The highest BCUT2D eigenvalue weighted by atomic mass is 32.1. The molecule has 0 spiro atoms. The first-order valence-corrected chi connectivity index (χ1v) is 9.75. The van der Waals surface area contributed by atoms with Gasteiger partial charge in [-0.1, -0.05) is 11.3 Å². The van der Waals surface area contributed by atoms with Gasteiger partial charge in [-0.3, -0.25) is 4.79 Å². The third kappa shape index (κ3) is 3.16. The van der Waals surface area contributed by atoms with E-state index in [1.165, 1.54) is 0 Å². The van der Waals surface area contributed by atoms with Crippen LogP contribution in [0.3, 0.4) is 0 Å². The molecule has 8 heteroatoms. The molecule has 1 aromatic carbocycles. The van der Waals surface area contributed by atoms with Gasteiger partial charge in [-0.25, -0.2) is 9.97 Å². The number of ether oxygens (including phenoxy) is 2. The molecular weight excluding hydrogens is 364 g/mol. The quantitative estimate of drug-likeness (QED) is 0.749. The Morgan fingerprint density at radius 2 is 2.19 bits per heavy atom. The highest BCUT2D eigenvalue weighted by molar-refractivity contribution is 7.21. The number of piperidine rings is 1. The Labute approximate surface area is 159 Å². The van der Waals surface area contributed by atoms with E-state index < -0.39 is 0 Å². The number of rotatable bonds is 3. The Balaban J connectivity index is 1.29. The van der Waals surface area contributed by atoms with Crippen molar-refractivity contribution in [1.29, 1.82) is 0 Å². The van der Waals surface area contributed by atoms with Crippen LogP contribution in [0.4, 0.5) is 10.8 Å². The van der Waals surface area contributed by atoms with E-state index in [2.05, 4.69) is 20.2 Å². The summed E-state index contributed by atoms with van der Waals surface area (Å²) in [6.07, 6.45) is 3.61. The van der Waals surface area contributed by atoms with Gasteiger partial charge >= 0.3 is 0 Å². The van der Waals surface area contributed by atoms with E-state index in [1.807, 2.05) is 24.3 Å². The van der Waals surface area contributed by atoms with Crippen LogP contribution in [0.15, 0.2) is 36.5 Å². The maximum atomic E-state index is 12.8. The van der Waals surface area contributed by atoms with Crippen LogP contribution in [0.25, 0.3) is 10.3 Å². The molecule has 7 nitrogen and oxygen atoms in total. The van der Waals surface area contributed by atoms with Crippen LogP contribution >= 0.6 is 11.3 Å². The molecule has 5 rings (SSSR count). The van der Waals surface area contributed by atoms with E-state index in [9.17, 15) is 4.79 Å². The molecule has 1 atom stereocenters. The molecule has 0 aliphatic carbocycles. The molecule has 1 N–H and O–H groups in total. The monoisotopic (exact) mass is 382 g/mol. The van der Waals surface area contributed by atoms with Crippen molar-refractivity contribution in [2.45, 2.75) is 12.8 Å². The van der Waals surface area contributed by atoms with Crippen molar-refractivity contribution in [3.05, 3.63) is 36.5 Å². The normalized spacial score (nSPS) is 18.7. The topological polar surface area (TPSA) is 76.6 Å². The number of benzene rings is 1. The first kappa shape index (κ1) is 16.3. The van der Waals surface area contributed by atoms with Crippen LogP contribution in [0, 0.1) is 5.92 Å². The number of hydrogen-bond acceptors (Lipinski definition) is 7. The summed E-state index contributed by atoms with van der Waals surface area (Å²) in [6, 6.07) is 9.32. The highest BCUT2D eigenvalue weighted by Crippen LogP contribution is 2.35. The Bertz CT molecular complexity index is 973. The molecular formula is C19H18N4O3S. The largest absolute Gasteiger partial charge is 0.454 e. The van der Waals surface area contributed by atoms with E-state index in [0.717, 1.165) is 40.6 Å². The first-order valence-electron chi connectivity index (χ1n) is 8.93. The molecule has 0 radical (unpaired) electrons. The number of nitrogens with one attached hydrogen (secondary N) is 1. The Kier molecular flexibility index (Phi) is 4.05. The van der Waals surface area contributed by atoms with E-state index in [4.69, 9.17) is 9.47 Å². The molecule has 0 saturated carbocycles. The number of aromatic nitrogens is 2. The number of anilines is 2. The predicted octanol–water partition coefficient (Wildman–Crippen LogP) is 3.28. The summed E-state index contributed by atoms with van der Waals surface area (Å²) in [5, 5.41) is 3.94. The maximum absolute atomic E-state index is 12.8. The molecule has 138 valence electrons. The minimum Gasteiger partial charge on any atom is -0.454 e. The van der Waals surface area contributed by atoms with Gasteiger partial charge in [-0.05, 0) is 37.1 Å². The number of pyridine rings is 1. The summed E-state index contributed by atoms with van der Waals surface area (Å²) in [7, 11) is 0. The third-order valence-electron chi connectivity index (χ3n) is 4.86. The second-order valence-electron chi connectivity index (χ2n) is 6.67. The average molecular weight is 382 g/mol. The molecule has 4 heterocycles. The number of nitrogens with zero attached hydrogens (tertiary/aromatic N) is 3. The van der Waals surface area contributed by atoms with Crippen LogP contribution in [0.2, 0.25) is 0 Å². The van der Waals surface area contributed by atoms with Crippen LogP contribution in [-0.4, -0.2) is 35.8 Å². The van der Waals surface area contributed by atoms with Crippen molar-refractivity contribution >= 4 is 38.4 Å². The molecule has 0 bridgehead atoms. The molecule has 27 heavy (non-hydrogen) atoms. The molecule has 2 aliphatic heterocycles. The molecule has 1 amide bonds. The summed E-state index contributed by atoms with van der Waals surface area (Å²) in [4.78, 5) is 24.9. The van der Waals surface area contributed by atoms with Crippen molar-refractivity contribution in [3.8, 4) is 11.5 Å². The Morgan fingerprint density at radius 1 is 1.26 bits per heavy atom. The van der Waals surface area contributed by atoms with Crippen molar-refractivity contribution in [3.63, 3.8) is 0 Å². The van der Waals surface area contributed by atoms with Crippen LogP contribution in [0.5, 0.6) is 11.5 Å². The number of carbonyl (C=O) groups excluding carboxylic acids is 1. The summed E-state index contributed by atoms with van der Waals surface area (Å²) in [6.45, 7) is 1.80. The summed E-state index contributed by atoms with van der Waals surface area (Å²) in [5.74, 6) is 1.32. The molecule has 1 saturated heterocycles. The number of fused-ring (bicyclic) bond motifs is 2. The second kappa shape index (κ2) is 6.70. The smallest absolute Gasteiger partial charge is 0.231 e. The molecule has 3 aromatic rings. The fourth-order valence-corrected chi connectivity index (χ4v) is 4.42. The summed E-state index contributed by atoms with van der Waals surface area (Å²) in [5.41, 5.74) is 1.63. The van der Waals surface area contributed by atoms with Crippen LogP contribution in [0.1, 0.15) is 12.8 Å². The van der Waals surface area contributed by atoms with Gasteiger partial charge in [0.25, 0.3) is 0 Å². The zero-order valence-electron chi connectivity index (χ0n) is 14.6. The lowest BCUT2D eigenvalue weighted by molar-refractivity contribution is -0.120. The highest BCUT2D eigenvalue weighted by Gasteiger charge is 2.28. The van der Waals surface area contributed by atoms with E-state index in [1.54, 1.807) is 23.6 Å². The van der Waals surface area contributed by atoms with Crippen molar-refractivity contribution < 1.29 is 14.3 Å². The van der Waals surface area contributed by atoms with Gasteiger partial charge in [0.15, 0.2) is 16.6 Å².